The third kappa shape index (κ3) is 3.89. The second kappa shape index (κ2) is 7.62. The molecule has 2 aromatic carbocycles. The van der Waals surface area contributed by atoms with Crippen molar-refractivity contribution >= 4 is 17.5 Å². The Labute approximate surface area is 157 Å². The van der Waals surface area contributed by atoms with E-state index in [4.69, 9.17) is 16.3 Å². The molecule has 0 aliphatic heterocycles. The number of benzene rings is 2. The van der Waals surface area contributed by atoms with Crippen LogP contribution in [0.3, 0.4) is 0 Å². The fraction of sp³-hybridized carbons (Fsp3) is 0.200. The van der Waals surface area contributed by atoms with Gasteiger partial charge in [0.05, 0.1) is 19.0 Å². The average molecular weight is 370 g/mol. The standard InChI is InChI=1S/C20H20ClN3O2/c1-14-11-22-24(12-14)18-7-4-15(5-8-18)20(25)23(2)13-16-10-17(21)6-9-19(16)26-3/h4-12H,13H2,1-3H3. The van der Waals surface area contributed by atoms with Gasteiger partial charge in [0, 0.05) is 35.9 Å². The van der Waals surface area contributed by atoms with E-state index < -0.39 is 0 Å². The molecule has 1 heterocycles. The number of aromatic nitrogens is 2. The van der Waals surface area contributed by atoms with E-state index in [-0.39, 0.29) is 5.91 Å². The van der Waals surface area contributed by atoms with Gasteiger partial charge in [0.1, 0.15) is 5.75 Å². The molecule has 0 saturated carbocycles. The average Bonchev–Trinajstić information content (AvgIpc) is 3.08. The molecule has 6 heteroatoms. The molecule has 26 heavy (non-hydrogen) atoms. The third-order valence-electron chi connectivity index (χ3n) is 4.09. The highest BCUT2D eigenvalue weighted by Crippen LogP contribution is 2.24. The number of aryl methyl sites for hydroxylation is 1. The number of carbonyl (C=O) groups excluding carboxylic acids is 1. The molecule has 3 rings (SSSR count). The highest BCUT2D eigenvalue weighted by atomic mass is 35.5. The maximum absolute atomic E-state index is 12.7. The molecule has 0 unspecified atom stereocenters. The number of amides is 1. The summed E-state index contributed by atoms with van der Waals surface area (Å²) in [6.07, 6.45) is 3.74. The monoisotopic (exact) mass is 369 g/mol. The van der Waals surface area contributed by atoms with Gasteiger partial charge < -0.3 is 9.64 Å². The quantitative estimate of drug-likeness (QED) is 0.679. The first kappa shape index (κ1) is 18.0. The number of hydrogen-bond donors (Lipinski definition) is 0. The van der Waals surface area contributed by atoms with Crippen LogP contribution in [0.25, 0.3) is 5.69 Å². The van der Waals surface area contributed by atoms with Gasteiger partial charge in [-0.15, -0.1) is 0 Å². The lowest BCUT2D eigenvalue weighted by atomic mass is 10.1. The van der Waals surface area contributed by atoms with E-state index in [2.05, 4.69) is 5.10 Å². The van der Waals surface area contributed by atoms with Gasteiger partial charge in [-0.3, -0.25) is 4.79 Å². The molecule has 5 nitrogen and oxygen atoms in total. The van der Waals surface area contributed by atoms with Crippen molar-refractivity contribution in [1.82, 2.24) is 14.7 Å². The number of carbonyl (C=O) groups is 1. The summed E-state index contributed by atoms with van der Waals surface area (Å²) in [4.78, 5) is 14.4. The lowest BCUT2D eigenvalue weighted by Gasteiger charge is -2.19. The predicted molar refractivity (Wildman–Crippen MR) is 102 cm³/mol. The van der Waals surface area contributed by atoms with Crippen molar-refractivity contribution in [3.05, 3.63) is 76.6 Å². The van der Waals surface area contributed by atoms with Crippen LogP contribution >= 0.6 is 11.6 Å². The van der Waals surface area contributed by atoms with E-state index in [9.17, 15) is 4.79 Å². The molecule has 0 aliphatic carbocycles. The SMILES string of the molecule is COc1ccc(Cl)cc1CN(C)C(=O)c1ccc(-n2cc(C)cn2)cc1. The van der Waals surface area contributed by atoms with Gasteiger partial charge in [-0.25, -0.2) is 4.68 Å². The summed E-state index contributed by atoms with van der Waals surface area (Å²) in [6.45, 7) is 2.39. The van der Waals surface area contributed by atoms with Crippen LogP contribution in [-0.4, -0.2) is 34.7 Å². The van der Waals surface area contributed by atoms with E-state index in [0.29, 0.717) is 22.9 Å². The van der Waals surface area contributed by atoms with Crippen LogP contribution in [0.2, 0.25) is 5.02 Å². The van der Waals surface area contributed by atoms with E-state index in [1.165, 1.54) is 0 Å². The fourth-order valence-electron chi connectivity index (χ4n) is 2.73. The predicted octanol–water partition coefficient (Wildman–Crippen LogP) is 4.11. The summed E-state index contributed by atoms with van der Waals surface area (Å²) in [5.74, 6) is 0.633. The number of methoxy groups -OCH3 is 1. The van der Waals surface area contributed by atoms with Crippen molar-refractivity contribution in [2.45, 2.75) is 13.5 Å². The Bertz CT molecular complexity index is 919. The Morgan fingerprint density at radius 3 is 2.58 bits per heavy atom. The Hall–Kier alpha value is -2.79. The second-order valence-corrected chi connectivity index (χ2v) is 6.56. The molecule has 0 N–H and O–H groups in total. The van der Waals surface area contributed by atoms with Crippen molar-refractivity contribution in [2.24, 2.45) is 0 Å². The number of hydrogen-bond acceptors (Lipinski definition) is 3. The Kier molecular flexibility index (Phi) is 5.28. The number of ether oxygens (including phenoxy) is 1. The van der Waals surface area contributed by atoms with E-state index in [1.54, 1.807) is 54.2 Å². The van der Waals surface area contributed by atoms with Gasteiger partial charge in [0.2, 0.25) is 0 Å². The molecule has 0 bridgehead atoms. The first-order valence-electron chi connectivity index (χ1n) is 8.17. The van der Waals surface area contributed by atoms with Crippen molar-refractivity contribution < 1.29 is 9.53 Å². The van der Waals surface area contributed by atoms with Gasteiger partial charge in [-0.2, -0.15) is 5.10 Å². The maximum Gasteiger partial charge on any atom is 0.253 e. The smallest absolute Gasteiger partial charge is 0.253 e. The first-order valence-corrected chi connectivity index (χ1v) is 8.55. The largest absolute Gasteiger partial charge is 0.496 e. The minimum Gasteiger partial charge on any atom is -0.496 e. The van der Waals surface area contributed by atoms with Gasteiger partial charge in [-0.05, 0) is 55.0 Å². The first-order chi connectivity index (χ1) is 12.5. The summed E-state index contributed by atoms with van der Waals surface area (Å²) in [5, 5.41) is 4.89. The number of rotatable bonds is 5. The van der Waals surface area contributed by atoms with Crippen molar-refractivity contribution in [3.63, 3.8) is 0 Å². The Balaban J connectivity index is 1.75. The topological polar surface area (TPSA) is 47.4 Å². The summed E-state index contributed by atoms with van der Waals surface area (Å²) in [6, 6.07) is 12.8. The van der Waals surface area contributed by atoms with E-state index >= 15 is 0 Å². The fourth-order valence-corrected chi connectivity index (χ4v) is 2.92. The molecule has 0 radical (unpaired) electrons. The molecule has 0 spiro atoms. The number of nitrogens with zero attached hydrogens (tertiary/aromatic N) is 3. The van der Waals surface area contributed by atoms with Gasteiger partial charge in [0.15, 0.2) is 0 Å². The molecule has 0 fully saturated rings. The molecule has 1 aromatic heterocycles. The van der Waals surface area contributed by atoms with Crippen LogP contribution in [0.1, 0.15) is 21.5 Å². The zero-order valence-corrected chi connectivity index (χ0v) is 15.7. The van der Waals surface area contributed by atoms with Crippen LogP contribution in [0, 0.1) is 6.92 Å². The molecule has 0 saturated heterocycles. The zero-order valence-electron chi connectivity index (χ0n) is 14.9. The lowest BCUT2D eigenvalue weighted by Crippen LogP contribution is -2.26. The summed E-state index contributed by atoms with van der Waals surface area (Å²) in [7, 11) is 3.36. The highest BCUT2D eigenvalue weighted by molar-refractivity contribution is 6.30. The van der Waals surface area contributed by atoms with Gasteiger partial charge >= 0.3 is 0 Å². The lowest BCUT2D eigenvalue weighted by molar-refractivity contribution is 0.0784. The van der Waals surface area contributed by atoms with E-state index in [0.717, 1.165) is 16.8 Å². The van der Waals surface area contributed by atoms with Crippen LogP contribution in [0.4, 0.5) is 0 Å². The van der Waals surface area contributed by atoms with Crippen LogP contribution in [0.5, 0.6) is 5.75 Å². The maximum atomic E-state index is 12.7. The molecule has 0 atom stereocenters. The van der Waals surface area contributed by atoms with Gasteiger partial charge in [0.25, 0.3) is 5.91 Å². The van der Waals surface area contributed by atoms with Crippen molar-refractivity contribution in [3.8, 4) is 11.4 Å². The van der Waals surface area contributed by atoms with Crippen molar-refractivity contribution in [1.29, 1.82) is 0 Å². The zero-order chi connectivity index (χ0) is 18.7. The third-order valence-corrected chi connectivity index (χ3v) is 4.32. The molecule has 1 amide bonds. The van der Waals surface area contributed by atoms with Crippen LogP contribution in [-0.2, 0) is 6.54 Å². The van der Waals surface area contributed by atoms with Crippen LogP contribution < -0.4 is 4.74 Å². The normalized spacial score (nSPS) is 10.6. The minimum atomic E-state index is -0.0739. The summed E-state index contributed by atoms with van der Waals surface area (Å²) >= 11 is 6.06. The Morgan fingerprint density at radius 2 is 1.96 bits per heavy atom. The van der Waals surface area contributed by atoms with Crippen LogP contribution in [0.15, 0.2) is 54.9 Å². The van der Waals surface area contributed by atoms with Crippen molar-refractivity contribution in [2.75, 3.05) is 14.2 Å². The molecule has 3 aromatic rings. The second-order valence-electron chi connectivity index (χ2n) is 6.13. The molecule has 134 valence electrons. The number of halogens is 1. The minimum absolute atomic E-state index is 0.0739. The van der Waals surface area contributed by atoms with E-state index in [1.807, 2.05) is 31.3 Å². The van der Waals surface area contributed by atoms with Gasteiger partial charge in [-0.1, -0.05) is 11.6 Å². The Morgan fingerprint density at radius 1 is 1.23 bits per heavy atom. The summed E-state index contributed by atoms with van der Waals surface area (Å²) < 4.78 is 7.13. The molecular weight excluding hydrogens is 350 g/mol. The molecule has 0 aliphatic rings. The summed E-state index contributed by atoms with van der Waals surface area (Å²) in [5.41, 5.74) is 3.47. The molecular formula is C20H20ClN3O2. The highest BCUT2D eigenvalue weighted by Gasteiger charge is 2.15.